The number of hydrogen-bond acceptors (Lipinski definition) is 5. The highest BCUT2D eigenvalue weighted by molar-refractivity contribution is 5.93. The smallest absolute Gasteiger partial charge is 0.249 e. The van der Waals surface area contributed by atoms with E-state index in [1.807, 2.05) is 24.3 Å². The fourth-order valence-corrected chi connectivity index (χ4v) is 2.94. The summed E-state index contributed by atoms with van der Waals surface area (Å²) in [7, 11) is 0. The number of ether oxygens (including phenoxy) is 1. The normalized spacial score (nSPS) is 18.9. The Balaban J connectivity index is 1.44. The molecule has 1 aliphatic heterocycles. The average Bonchev–Trinajstić information content (AvgIpc) is 3.27. The molecule has 0 spiro atoms. The molecule has 3 rings (SSSR count). The maximum atomic E-state index is 12.2. The van der Waals surface area contributed by atoms with Crippen molar-refractivity contribution in [1.82, 2.24) is 19.7 Å². The molecule has 0 saturated carbocycles. The summed E-state index contributed by atoms with van der Waals surface area (Å²) >= 11 is 0. The first kappa shape index (κ1) is 17.4. The Hall–Kier alpha value is -2.41. The monoisotopic (exact) mass is 343 g/mol. The third-order valence-electron chi connectivity index (χ3n) is 4.52. The quantitative estimate of drug-likeness (QED) is 0.834. The van der Waals surface area contributed by atoms with Crippen LogP contribution in [0.2, 0.25) is 0 Å². The number of likely N-dealkylation sites (tertiary alicyclic amines) is 1. The highest BCUT2D eigenvalue weighted by Gasteiger charge is 2.18. The Labute approximate surface area is 148 Å². The van der Waals surface area contributed by atoms with Gasteiger partial charge in [0.05, 0.1) is 0 Å². The summed E-state index contributed by atoms with van der Waals surface area (Å²) in [5.41, 5.74) is 0.734. The molecule has 7 nitrogen and oxygen atoms in total. The van der Waals surface area contributed by atoms with Crippen LogP contribution in [0.1, 0.15) is 26.3 Å². The van der Waals surface area contributed by atoms with E-state index in [4.69, 9.17) is 4.74 Å². The zero-order valence-electron chi connectivity index (χ0n) is 14.8. The number of nitrogens with zero attached hydrogens (tertiary/aromatic N) is 4. The molecule has 1 amide bonds. The van der Waals surface area contributed by atoms with Crippen molar-refractivity contribution >= 4 is 11.6 Å². The summed E-state index contributed by atoms with van der Waals surface area (Å²) in [5, 5.41) is 6.86. The molecule has 2 aromatic rings. The second kappa shape index (κ2) is 8.11. The van der Waals surface area contributed by atoms with Crippen molar-refractivity contribution in [2.75, 3.05) is 31.6 Å². The fraction of sp³-hybridized carbons (Fsp3) is 0.500. The van der Waals surface area contributed by atoms with Gasteiger partial charge < -0.3 is 10.1 Å². The summed E-state index contributed by atoms with van der Waals surface area (Å²) in [5.74, 6) is 1.47. The van der Waals surface area contributed by atoms with Crippen molar-refractivity contribution in [2.24, 2.45) is 5.92 Å². The van der Waals surface area contributed by atoms with Gasteiger partial charge in [0.2, 0.25) is 5.91 Å². The number of carbonyl (C=O) groups excluding carboxylic acids is 1. The molecule has 134 valence electrons. The Morgan fingerprint density at radius 1 is 1.40 bits per heavy atom. The minimum absolute atomic E-state index is 0.137. The molecule has 1 aromatic carbocycles. The lowest BCUT2D eigenvalue weighted by molar-refractivity contribution is -0.119. The van der Waals surface area contributed by atoms with E-state index >= 15 is 0 Å². The molecule has 1 fully saturated rings. The van der Waals surface area contributed by atoms with Crippen LogP contribution in [0, 0.1) is 5.92 Å². The Morgan fingerprint density at radius 2 is 2.20 bits per heavy atom. The zero-order valence-corrected chi connectivity index (χ0v) is 14.8. The maximum Gasteiger partial charge on any atom is 0.249 e. The largest absolute Gasteiger partial charge is 0.492 e. The van der Waals surface area contributed by atoms with Crippen molar-refractivity contribution in [1.29, 1.82) is 0 Å². The van der Waals surface area contributed by atoms with Gasteiger partial charge in [-0.2, -0.15) is 5.10 Å². The molecule has 1 saturated heterocycles. The summed E-state index contributed by atoms with van der Waals surface area (Å²) in [4.78, 5) is 18.5. The molecule has 1 N–H and O–H groups in total. The molecule has 0 unspecified atom stereocenters. The van der Waals surface area contributed by atoms with Crippen LogP contribution < -0.4 is 10.1 Å². The number of benzene rings is 1. The van der Waals surface area contributed by atoms with Crippen molar-refractivity contribution < 1.29 is 9.53 Å². The van der Waals surface area contributed by atoms with Gasteiger partial charge in [-0.1, -0.05) is 6.92 Å². The molecular formula is C18H25N5O2. The Morgan fingerprint density at radius 3 is 2.84 bits per heavy atom. The predicted octanol–water partition coefficient (Wildman–Crippen LogP) is 2.20. The van der Waals surface area contributed by atoms with Gasteiger partial charge in [-0.3, -0.25) is 9.69 Å². The van der Waals surface area contributed by atoms with E-state index in [-0.39, 0.29) is 5.91 Å². The minimum Gasteiger partial charge on any atom is -0.492 e. The second-order valence-electron chi connectivity index (χ2n) is 6.61. The van der Waals surface area contributed by atoms with Gasteiger partial charge in [0.25, 0.3) is 0 Å². The van der Waals surface area contributed by atoms with Gasteiger partial charge in [-0.05, 0) is 50.1 Å². The molecule has 0 aliphatic carbocycles. The third-order valence-corrected chi connectivity index (χ3v) is 4.52. The molecule has 7 heteroatoms. The topological polar surface area (TPSA) is 72.3 Å². The fourth-order valence-electron chi connectivity index (χ4n) is 2.94. The van der Waals surface area contributed by atoms with Crippen LogP contribution in [-0.4, -0.2) is 51.8 Å². The highest BCUT2D eigenvalue weighted by Crippen LogP contribution is 2.18. The molecule has 0 bridgehead atoms. The predicted molar refractivity (Wildman–Crippen MR) is 95.5 cm³/mol. The molecule has 0 radical (unpaired) electrons. The number of nitrogens with one attached hydrogen (secondary N) is 1. The number of rotatable bonds is 7. The Kier molecular flexibility index (Phi) is 5.65. The van der Waals surface area contributed by atoms with Crippen LogP contribution in [0.25, 0.3) is 0 Å². The first-order valence-corrected chi connectivity index (χ1v) is 8.72. The number of amides is 1. The number of carbonyl (C=O) groups is 1. The summed E-state index contributed by atoms with van der Waals surface area (Å²) in [6.45, 7) is 8.04. The van der Waals surface area contributed by atoms with E-state index in [1.165, 1.54) is 30.3 Å². The van der Waals surface area contributed by atoms with Gasteiger partial charge in [0.15, 0.2) is 0 Å². The van der Waals surface area contributed by atoms with Crippen LogP contribution in [-0.2, 0) is 4.79 Å². The van der Waals surface area contributed by atoms with Crippen LogP contribution in [0.3, 0.4) is 0 Å². The van der Waals surface area contributed by atoms with Gasteiger partial charge >= 0.3 is 0 Å². The molecule has 25 heavy (non-hydrogen) atoms. The molecular weight excluding hydrogens is 318 g/mol. The average molecular weight is 343 g/mol. The van der Waals surface area contributed by atoms with Crippen molar-refractivity contribution in [3.63, 3.8) is 0 Å². The summed E-state index contributed by atoms with van der Waals surface area (Å²) in [6.07, 6.45) is 4.22. The van der Waals surface area contributed by atoms with Crippen LogP contribution >= 0.6 is 0 Å². The first-order chi connectivity index (χ1) is 12.1. The van der Waals surface area contributed by atoms with E-state index in [1.54, 1.807) is 6.92 Å². The lowest BCUT2D eigenvalue weighted by Crippen LogP contribution is -2.26. The minimum atomic E-state index is -0.415. The van der Waals surface area contributed by atoms with Crippen molar-refractivity contribution in [2.45, 2.75) is 26.3 Å². The molecule has 1 aromatic heterocycles. The van der Waals surface area contributed by atoms with Crippen LogP contribution in [0.15, 0.2) is 36.9 Å². The Bertz CT molecular complexity index is 671. The van der Waals surface area contributed by atoms with Crippen LogP contribution in [0.5, 0.6) is 5.75 Å². The van der Waals surface area contributed by atoms with Crippen molar-refractivity contribution in [3.8, 4) is 5.75 Å². The van der Waals surface area contributed by atoms with E-state index in [0.29, 0.717) is 6.61 Å². The van der Waals surface area contributed by atoms with Crippen molar-refractivity contribution in [3.05, 3.63) is 36.9 Å². The lowest BCUT2D eigenvalue weighted by Gasteiger charge is -2.16. The van der Waals surface area contributed by atoms with Gasteiger partial charge in [0.1, 0.15) is 31.1 Å². The number of aromatic nitrogens is 3. The summed E-state index contributed by atoms with van der Waals surface area (Å²) < 4.78 is 7.31. The first-order valence-electron chi connectivity index (χ1n) is 8.72. The number of anilines is 1. The SMILES string of the molecule is C[C@H]1CCN(CCOc2ccc(NC(=O)[C@H](C)n3cncn3)cc2)C1. The highest BCUT2D eigenvalue weighted by atomic mass is 16.5. The third kappa shape index (κ3) is 4.79. The zero-order chi connectivity index (χ0) is 17.6. The molecule has 2 atom stereocenters. The van der Waals surface area contributed by atoms with Crippen LogP contribution in [0.4, 0.5) is 5.69 Å². The second-order valence-corrected chi connectivity index (χ2v) is 6.61. The van der Waals surface area contributed by atoms with E-state index in [0.717, 1.165) is 30.4 Å². The molecule has 2 heterocycles. The van der Waals surface area contributed by atoms with E-state index in [2.05, 4.69) is 27.2 Å². The van der Waals surface area contributed by atoms with E-state index in [9.17, 15) is 4.79 Å². The van der Waals surface area contributed by atoms with E-state index < -0.39 is 6.04 Å². The lowest BCUT2D eigenvalue weighted by atomic mass is 10.2. The van der Waals surface area contributed by atoms with Gasteiger partial charge in [-0.15, -0.1) is 0 Å². The summed E-state index contributed by atoms with van der Waals surface area (Å²) in [6, 6.07) is 7.03. The maximum absolute atomic E-state index is 12.2. The molecule has 1 aliphatic rings. The van der Waals surface area contributed by atoms with Gasteiger partial charge in [0, 0.05) is 18.8 Å². The standard InChI is InChI=1S/C18H25N5O2/c1-14-7-8-22(11-14)9-10-25-17-5-3-16(4-6-17)21-18(24)15(2)23-13-19-12-20-23/h3-6,12-15H,7-11H2,1-2H3,(H,21,24)/t14-,15-/m0/s1. The van der Waals surface area contributed by atoms with Gasteiger partial charge in [-0.25, -0.2) is 9.67 Å². The number of hydrogen-bond donors (Lipinski definition) is 1.